The van der Waals surface area contributed by atoms with Crippen LogP contribution in [0.2, 0.25) is 0 Å². The summed E-state index contributed by atoms with van der Waals surface area (Å²) in [5, 5.41) is 5.85. The summed E-state index contributed by atoms with van der Waals surface area (Å²) in [6.45, 7) is 0. The molecule has 0 N–H and O–H groups in total. The first-order valence-electron chi connectivity index (χ1n) is 8.63. The van der Waals surface area contributed by atoms with Crippen molar-refractivity contribution >= 4 is 27.2 Å². The summed E-state index contributed by atoms with van der Waals surface area (Å²) in [6.07, 6.45) is 7.92. The fourth-order valence-electron chi connectivity index (χ4n) is 3.59. The Morgan fingerprint density at radius 3 is 2.76 bits per heavy atom. The summed E-state index contributed by atoms with van der Waals surface area (Å²) >= 11 is 1.83. The van der Waals surface area contributed by atoms with Gasteiger partial charge in [0.25, 0.3) is 0 Å². The van der Waals surface area contributed by atoms with Crippen LogP contribution in [-0.2, 0) is 12.8 Å². The van der Waals surface area contributed by atoms with Gasteiger partial charge in [-0.2, -0.15) is 0 Å². The smallest absolute Gasteiger partial charge is 0.182 e. The summed E-state index contributed by atoms with van der Waals surface area (Å²) < 4.78 is 7.05. The van der Waals surface area contributed by atoms with Gasteiger partial charge >= 0.3 is 0 Å². The van der Waals surface area contributed by atoms with Gasteiger partial charge in [-0.3, -0.25) is 0 Å². The SMILES string of the molecule is COc1ccc(-c2nc3c4c5c(sc4ncn3n2)CCCCC5)cc1. The first-order chi connectivity index (χ1) is 12.3. The molecule has 0 saturated carbocycles. The zero-order valence-electron chi connectivity index (χ0n) is 14.0. The highest BCUT2D eigenvalue weighted by Gasteiger charge is 2.20. The molecule has 1 aliphatic rings. The Kier molecular flexibility index (Phi) is 3.45. The molecule has 0 saturated heterocycles. The number of methoxy groups -OCH3 is 1. The molecule has 4 aromatic rings. The van der Waals surface area contributed by atoms with Crippen molar-refractivity contribution in [3.63, 3.8) is 0 Å². The van der Waals surface area contributed by atoms with Crippen molar-refractivity contribution in [3.05, 3.63) is 41.0 Å². The van der Waals surface area contributed by atoms with Crippen molar-refractivity contribution < 1.29 is 4.74 Å². The van der Waals surface area contributed by atoms with E-state index in [2.05, 4.69) is 10.1 Å². The van der Waals surface area contributed by atoms with Crippen LogP contribution in [0.25, 0.3) is 27.3 Å². The molecule has 0 atom stereocenters. The first-order valence-corrected chi connectivity index (χ1v) is 9.45. The van der Waals surface area contributed by atoms with Crippen LogP contribution in [0.5, 0.6) is 5.75 Å². The van der Waals surface area contributed by atoms with Crippen LogP contribution >= 0.6 is 11.3 Å². The van der Waals surface area contributed by atoms with Crippen LogP contribution in [-0.4, -0.2) is 26.7 Å². The molecule has 0 aliphatic heterocycles. The zero-order valence-corrected chi connectivity index (χ0v) is 14.8. The van der Waals surface area contributed by atoms with E-state index in [9.17, 15) is 0 Å². The van der Waals surface area contributed by atoms with Crippen LogP contribution < -0.4 is 4.74 Å². The number of rotatable bonds is 2. The number of benzene rings is 1. The lowest BCUT2D eigenvalue weighted by Gasteiger charge is -1.99. The molecule has 3 heterocycles. The zero-order chi connectivity index (χ0) is 16.8. The minimum absolute atomic E-state index is 0.727. The molecule has 5 nitrogen and oxygen atoms in total. The number of fused-ring (bicyclic) bond motifs is 5. The molecule has 6 heteroatoms. The van der Waals surface area contributed by atoms with Crippen LogP contribution in [0.3, 0.4) is 0 Å². The van der Waals surface area contributed by atoms with Crippen LogP contribution in [0.1, 0.15) is 29.7 Å². The van der Waals surface area contributed by atoms with E-state index in [0.717, 1.165) is 34.0 Å². The minimum atomic E-state index is 0.727. The Bertz CT molecular complexity index is 1060. The lowest BCUT2D eigenvalue weighted by atomic mass is 10.1. The van der Waals surface area contributed by atoms with E-state index in [-0.39, 0.29) is 0 Å². The van der Waals surface area contributed by atoms with Crippen molar-refractivity contribution in [1.82, 2.24) is 19.6 Å². The van der Waals surface area contributed by atoms with E-state index in [1.165, 1.54) is 41.5 Å². The molecule has 3 aromatic heterocycles. The van der Waals surface area contributed by atoms with Gasteiger partial charge in [-0.15, -0.1) is 16.4 Å². The summed E-state index contributed by atoms with van der Waals surface area (Å²) in [4.78, 5) is 12.1. The maximum Gasteiger partial charge on any atom is 0.182 e. The second-order valence-electron chi connectivity index (χ2n) is 6.42. The van der Waals surface area contributed by atoms with Gasteiger partial charge in [0.05, 0.1) is 12.5 Å². The molecule has 0 amide bonds. The van der Waals surface area contributed by atoms with Crippen molar-refractivity contribution in [3.8, 4) is 17.1 Å². The highest BCUT2D eigenvalue weighted by molar-refractivity contribution is 7.19. The molecule has 0 fully saturated rings. The highest BCUT2D eigenvalue weighted by Crippen LogP contribution is 2.36. The number of hydrogen-bond donors (Lipinski definition) is 0. The third-order valence-corrected chi connectivity index (χ3v) is 6.09. The Morgan fingerprint density at radius 2 is 1.92 bits per heavy atom. The molecular weight excluding hydrogens is 332 g/mol. The molecule has 0 unspecified atom stereocenters. The quantitative estimate of drug-likeness (QED) is 0.506. The summed E-state index contributed by atoms with van der Waals surface area (Å²) in [6, 6.07) is 7.86. The average molecular weight is 350 g/mol. The summed E-state index contributed by atoms with van der Waals surface area (Å²) in [5.41, 5.74) is 3.36. The van der Waals surface area contributed by atoms with Crippen LogP contribution in [0.4, 0.5) is 0 Å². The number of nitrogens with zero attached hydrogens (tertiary/aromatic N) is 4. The van der Waals surface area contributed by atoms with Gasteiger partial charge in [-0.05, 0) is 55.5 Å². The van der Waals surface area contributed by atoms with E-state index < -0.39 is 0 Å². The predicted octanol–water partition coefficient (Wildman–Crippen LogP) is 4.28. The molecule has 126 valence electrons. The average Bonchev–Trinajstić information content (AvgIpc) is 3.15. The van der Waals surface area contributed by atoms with Gasteiger partial charge in [-0.1, -0.05) is 6.42 Å². The normalized spacial score (nSPS) is 14.6. The molecule has 0 spiro atoms. The van der Waals surface area contributed by atoms with Gasteiger partial charge in [0.2, 0.25) is 0 Å². The van der Waals surface area contributed by atoms with Crippen LogP contribution in [0, 0.1) is 0 Å². The molecular formula is C19H18N4OS. The molecule has 0 radical (unpaired) electrons. The van der Waals surface area contributed by atoms with E-state index >= 15 is 0 Å². The minimum Gasteiger partial charge on any atom is -0.497 e. The first kappa shape index (κ1) is 14.8. The number of aryl methyl sites for hydroxylation is 2. The maximum atomic E-state index is 5.23. The van der Waals surface area contributed by atoms with Crippen molar-refractivity contribution in [1.29, 1.82) is 0 Å². The van der Waals surface area contributed by atoms with Crippen molar-refractivity contribution in [2.45, 2.75) is 32.1 Å². The maximum absolute atomic E-state index is 5.23. The second-order valence-corrected chi connectivity index (χ2v) is 7.50. The van der Waals surface area contributed by atoms with E-state index in [1.54, 1.807) is 13.4 Å². The van der Waals surface area contributed by atoms with Gasteiger partial charge in [0.1, 0.15) is 16.9 Å². The fourth-order valence-corrected chi connectivity index (χ4v) is 4.82. The molecule has 1 aromatic carbocycles. The van der Waals surface area contributed by atoms with E-state index in [0.29, 0.717) is 0 Å². The number of aromatic nitrogens is 4. The molecule has 25 heavy (non-hydrogen) atoms. The summed E-state index contributed by atoms with van der Waals surface area (Å²) in [7, 11) is 1.67. The Hall–Kier alpha value is -2.47. The third kappa shape index (κ3) is 2.40. The Labute approximate surface area is 149 Å². The molecule has 0 bridgehead atoms. The predicted molar refractivity (Wildman–Crippen MR) is 99.4 cm³/mol. The monoisotopic (exact) mass is 350 g/mol. The Morgan fingerprint density at radius 1 is 1.08 bits per heavy atom. The van der Waals surface area contributed by atoms with E-state index in [1.807, 2.05) is 40.1 Å². The topological polar surface area (TPSA) is 52.3 Å². The van der Waals surface area contributed by atoms with Gasteiger partial charge in [0, 0.05) is 10.4 Å². The highest BCUT2D eigenvalue weighted by atomic mass is 32.1. The number of thiophene rings is 1. The van der Waals surface area contributed by atoms with Crippen LogP contribution in [0.15, 0.2) is 30.6 Å². The van der Waals surface area contributed by atoms with Gasteiger partial charge < -0.3 is 4.74 Å². The fraction of sp³-hybridized carbons (Fsp3) is 0.316. The standard InChI is InChI=1S/C19H18N4OS/c1-24-13-9-7-12(8-10-13)17-21-18-16-14-5-3-2-4-6-15(14)25-19(16)20-11-23(18)22-17/h7-11H,2-6H2,1H3. The van der Waals surface area contributed by atoms with Gasteiger partial charge in [0.15, 0.2) is 11.5 Å². The third-order valence-electron chi connectivity index (χ3n) is 4.89. The second kappa shape index (κ2) is 5.81. The van der Waals surface area contributed by atoms with Gasteiger partial charge in [-0.25, -0.2) is 14.5 Å². The van der Waals surface area contributed by atoms with E-state index in [4.69, 9.17) is 9.72 Å². The summed E-state index contributed by atoms with van der Waals surface area (Å²) in [5.74, 6) is 1.56. The van der Waals surface area contributed by atoms with Crippen molar-refractivity contribution in [2.75, 3.05) is 7.11 Å². The molecule has 5 rings (SSSR count). The lowest BCUT2D eigenvalue weighted by Crippen LogP contribution is -1.92. The number of ether oxygens (including phenoxy) is 1. The largest absolute Gasteiger partial charge is 0.497 e. The molecule has 1 aliphatic carbocycles. The lowest BCUT2D eigenvalue weighted by molar-refractivity contribution is 0.415. The van der Waals surface area contributed by atoms with Crippen molar-refractivity contribution in [2.24, 2.45) is 0 Å². The Balaban J connectivity index is 1.70. The number of hydrogen-bond acceptors (Lipinski definition) is 5.